The Morgan fingerprint density at radius 2 is 1.85 bits per heavy atom. The smallest absolute Gasteiger partial charge is 0.303 e. The van der Waals surface area contributed by atoms with Crippen molar-refractivity contribution < 1.29 is 24.2 Å². The van der Waals surface area contributed by atoms with E-state index >= 15 is 0 Å². The summed E-state index contributed by atoms with van der Waals surface area (Å²) in [7, 11) is 0. The number of carboxylic acids is 1. The first kappa shape index (κ1) is 24.7. The number of aliphatic carboxylic acids is 1. The van der Waals surface area contributed by atoms with E-state index in [-0.39, 0.29) is 35.6 Å². The van der Waals surface area contributed by atoms with Crippen molar-refractivity contribution in [3.8, 4) is 0 Å². The highest BCUT2D eigenvalue weighted by Crippen LogP contribution is 2.67. The van der Waals surface area contributed by atoms with E-state index in [1.54, 1.807) is 0 Å². The molecule has 5 fully saturated rings. The largest absolute Gasteiger partial charge is 0.481 e. The summed E-state index contributed by atoms with van der Waals surface area (Å²) in [5.41, 5.74) is 0.441. The average Bonchev–Trinajstić information content (AvgIpc) is 3.16. The van der Waals surface area contributed by atoms with Crippen molar-refractivity contribution in [2.45, 2.75) is 117 Å². The van der Waals surface area contributed by atoms with Crippen LogP contribution in [0.25, 0.3) is 0 Å². The normalized spacial score (nSPS) is 47.4. The molecule has 4 saturated carbocycles. The van der Waals surface area contributed by atoms with Crippen LogP contribution in [-0.2, 0) is 19.1 Å². The summed E-state index contributed by atoms with van der Waals surface area (Å²) >= 11 is 0. The lowest BCUT2D eigenvalue weighted by atomic mass is 9.44. The minimum atomic E-state index is -0.689. The molecule has 0 spiro atoms. The van der Waals surface area contributed by atoms with Crippen molar-refractivity contribution in [3.63, 3.8) is 0 Å². The molecule has 8 unspecified atom stereocenters. The molecule has 1 heterocycles. The quantitative estimate of drug-likeness (QED) is 0.462. The molecule has 5 rings (SSSR count). The zero-order valence-electron chi connectivity index (χ0n) is 21.6. The van der Waals surface area contributed by atoms with Gasteiger partial charge in [0.15, 0.2) is 6.29 Å². The molecule has 0 bridgehead atoms. The van der Waals surface area contributed by atoms with E-state index < -0.39 is 5.97 Å². The summed E-state index contributed by atoms with van der Waals surface area (Å²) in [6, 6.07) is 0. The molecule has 34 heavy (non-hydrogen) atoms. The van der Waals surface area contributed by atoms with Crippen LogP contribution < -0.4 is 0 Å². The second-order valence-corrected chi connectivity index (χ2v) is 13.1. The molecule has 1 saturated heterocycles. The van der Waals surface area contributed by atoms with Gasteiger partial charge in [-0.15, -0.1) is 0 Å². The number of carbonyl (C=O) groups is 2. The molecule has 0 amide bonds. The lowest BCUT2D eigenvalue weighted by Crippen LogP contribution is -2.57. The maximum Gasteiger partial charge on any atom is 0.303 e. The minimum absolute atomic E-state index is 0.0379. The van der Waals surface area contributed by atoms with Crippen LogP contribution in [0.3, 0.4) is 0 Å². The standard InChI is InChI=1S/C29H46O5/c1-18(7-10-25(31)32)21-8-9-22-27-23(12-14-29(21,22)3)28(2)13-11-20(16-19(28)17-24(27)30)34-26-6-4-5-15-33-26/h18-23,26-27H,4-17H2,1-3H3,(H,31,32)/t18-,19?,20-,21?,22?,23?,26?,27?,28?,29?/m1/s1. The number of Topliss-reactive ketones (excluding diaryl/α,β-unsaturated/α-hetero) is 1. The van der Waals surface area contributed by atoms with Crippen molar-refractivity contribution in [2.24, 2.45) is 46.3 Å². The number of hydrogen-bond acceptors (Lipinski definition) is 4. The topological polar surface area (TPSA) is 72.8 Å². The van der Waals surface area contributed by atoms with Gasteiger partial charge >= 0.3 is 5.97 Å². The van der Waals surface area contributed by atoms with Crippen LogP contribution in [0.2, 0.25) is 0 Å². The Morgan fingerprint density at radius 3 is 2.59 bits per heavy atom. The summed E-state index contributed by atoms with van der Waals surface area (Å²) in [5, 5.41) is 9.18. The number of ketones is 1. The Labute approximate surface area is 205 Å². The monoisotopic (exact) mass is 474 g/mol. The van der Waals surface area contributed by atoms with Gasteiger partial charge in [-0.1, -0.05) is 20.8 Å². The van der Waals surface area contributed by atoms with Gasteiger partial charge in [-0.2, -0.15) is 0 Å². The van der Waals surface area contributed by atoms with Gasteiger partial charge in [0.1, 0.15) is 5.78 Å². The Morgan fingerprint density at radius 1 is 1.09 bits per heavy atom. The predicted molar refractivity (Wildman–Crippen MR) is 130 cm³/mol. The Bertz CT molecular complexity index is 774. The predicted octanol–water partition coefficient (Wildman–Crippen LogP) is 6.24. The number of carbonyl (C=O) groups excluding carboxylic acids is 1. The van der Waals surface area contributed by atoms with Gasteiger partial charge in [0, 0.05) is 25.4 Å². The van der Waals surface area contributed by atoms with Crippen LogP contribution in [0.5, 0.6) is 0 Å². The first-order valence-electron chi connectivity index (χ1n) is 14.2. The van der Waals surface area contributed by atoms with E-state index in [1.807, 2.05) is 0 Å². The number of hydrogen-bond donors (Lipinski definition) is 1. The zero-order valence-corrected chi connectivity index (χ0v) is 21.6. The summed E-state index contributed by atoms with van der Waals surface area (Å²) in [5.74, 6) is 2.46. The second-order valence-electron chi connectivity index (χ2n) is 13.1. The highest BCUT2D eigenvalue weighted by molar-refractivity contribution is 5.83. The molecule has 10 atom stereocenters. The number of ether oxygens (including phenoxy) is 2. The van der Waals surface area contributed by atoms with Crippen molar-refractivity contribution in [1.29, 1.82) is 0 Å². The molecule has 1 N–H and O–H groups in total. The first-order valence-corrected chi connectivity index (χ1v) is 14.2. The molecule has 4 aliphatic carbocycles. The molecule has 192 valence electrons. The molecule has 5 aliphatic rings. The third-order valence-electron chi connectivity index (χ3n) is 11.5. The second kappa shape index (κ2) is 9.50. The molecule has 0 aromatic rings. The summed E-state index contributed by atoms with van der Waals surface area (Å²) in [4.78, 5) is 24.9. The molecular formula is C29H46O5. The minimum Gasteiger partial charge on any atom is -0.481 e. The van der Waals surface area contributed by atoms with Crippen molar-refractivity contribution in [1.82, 2.24) is 0 Å². The van der Waals surface area contributed by atoms with Crippen molar-refractivity contribution >= 4 is 11.8 Å². The molecular weight excluding hydrogens is 428 g/mol. The van der Waals surface area contributed by atoms with Crippen LogP contribution in [0.15, 0.2) is 0 Å². The van der Waals surface area contributed by atoms with Gasteiger partial charge in [0.05, 0.1) is 6.10 Å². The van der Waals surface area contributed by atoms with E-state index in [2.05, 4.69) is 20.8 Å². The molecule has 0 aromatic carbocycles. The molecule has 1 aliphatic heterocycles. The lowest BCUT2D eigenvalue weighted by molar-refractivity contribution is -0.211. The van der Waals surface area contributed by atoms with E-state index in [1.165, 1.54) is 19.3 Å². The van der Waals surface area contributed by atoms with Gasteiger partial charge in [-0.05, 0) is 111 Å². The molecule has 5 heteroatoms. The fraction of sp³-hybridized carbons (Fsp3) is 0.931. The summed E-state index contributed by atoms with van der Waals surface area (Å²) < 4.78 is 12.2. The van der Waals surface area contributed by atoms with Gasteiger partial charge in [-0.25, -0.2) is 0 Å². The zero-order chi connectivity index (χ0) is 24.1. The number of rotatable bonds is 6. The first-order chi connectivity index (χ1) is 16.2. The SMILES string of the molecule is C[C@H](CCC(=O)O)C1CCC2C3C(=O)CC4C[C@H](OC5CCCCO5)CCC4(C)C3CCC21C. The Hall–Kier alpha value is -0.940. The lowest BCUT2D eigenvalue weighted by Gasteiger charge is -2.60. The van der Waals surface area contributed by atoms with Crippen molar-refractivity contribution in [3.05, 3.63) is 0 Å². The van der Waals surface area contributed by atoms with Crippen LogP contribution in [-0.4, -0.2) is 35.9 Å². The highest BCUT2D eigenvalue weighted by atomic mass is 16.7. The van der Waals surface area contributed by atoms with E-state index in [0.717, 1.165) is 64.4 Å². The van der Waals surface area contributed by atoms with E-state index in [4.69, 9.17) is 9.47 Å². The highest BCUT2D eigenvalue weighted by Gasteiger charge is 2.63. The fourth-order valence-electron chi connectivity index (χ4n) is 9.58. The molecule has 0 aromatic heterocycles. The summed E-state index contributed by atoms with van der Waals surface area (Å²) in [6.45, 7) is 8.01. The van der Waals surface area contributed by atoms with Crippen LogP contribution in [0.1, 0.15) is 104 Å². The third kappa shape index (κ3) is 4.27. The fourth-order valence-corrected chi connectivity index (χ4v) is 9.58. The number of fused-ring (bicyclic) bond motifs is 5. The van der Waals surface area contributed by atoms with Gasteiger partial charge in [-0.3, -0.25) is 9.59 Å². The van der Waals surface area contributed by atoms with E-state index in [0.29, 0.717) is 35.4 Å². The van der Waals surface area contributed by atoms with Crippen LogP contribution in [0, 0.1) is 46.3 Å². The number of carboxylic acid groups (broad SMARTS) is 1. The van der Waals surface area contributed by atoms with E-state index in [9.17, 15) is 14.7 Å². The van der Waals surface area contributed by atoms with Gasteiger partial charge in [0.25, 0.3) is 0 Å². The molecule has 0 radical (unpaired) electrons. The van der Waals surface area contributed by atoms with Crippen molar-refractivity contribution in [2.75, 3.05) is 6.61 Å². The van der Waals surface area contributed by atoms with Gasteiger partial charge in [0.2, 0.25) is 0 Å². The Kier molecular flexibility index (Phi) is 6.91. The summed E-state index contributed by atoms with van der Waals surface area (Å²) in [6.07, 6.45) is 13.3. The Balaban J connectivity index is 1.28. The van der Waals surface area contributed by atoms with Crippen LogP contribution in [0.4, 0.5) is 0 Å². The maximum atomic E-state index is 13.8. The van der Waals surface area contributed by atoms with Gasteiger partial charge < -0.3 is 14.6 Å². The van der Waals surface area contributed by atoms with Crippen LogP contribution >= 0.6 is 0 Å². The average molecular weight is 475 g/mol. The maximum absolute atomic E-state index is 13.8. The molecule has 5 nitrogen and oxygen atoms in total. The third-order valence-corrected chi connectivity index (χ3v) is 11.5.